The van der Waals surface area contributed by atoms with Crippen LogP contribution in [0.25, 0.3) is 44.6 Å². The summed E-state index contributed by atoms with van der Waals surface area (Å²) in [5, 5.41) is 5.32. The Kier molecular flexibility index (Phi) is 16.1. The largest absolute Gasteiger partial charge is 0.456 e. The molecule has 3 heterocycles. The van der Waals surface area contributed by atoms with Gasteiger partial charge in [-0.15, -0.1) is 0 Å². The molecule has 0 aromatic heterocycles. The van der Waals surface area contributed by atoms with Crippen LogP contribution < -0.4 is 34.2 Å². The molecule has 0 N–H and O–H groups in total. The molecule has 0 unspecified atom stereocenters. The SMILES string of the molecule is CN(C)c1ccc2[c](c1)[Ge]([CH3])([CH3])[C]1=CC(=[N+](C)C)C=CC1=C2c1ccccc1.CN(C)c1ccc2c(-c3ccccc3)c3ccc(=[N+](C)C)cc-3oc2c1.CN(C)c1ccc2c(c1)[Si](C)(C)C1=CC(=[N+](C)C)C=CC1=C2c1ccccc1. The molecule has 6 aliphatic rings. The molecular formula is C73H81GeN6OSi+3. The van der Waals surface area contributed by atoms with Crippen molar-refractivity contribution in [2.45, 2.75) is 24.6 Å². The van der Waals surface area contributed by atoms with E-state index in [1.165, 1.54) is 88.9 Å². The van der Waals surface area contributed by atoms with Crippen molar-refractivity contribution in [3.8, 4) is 22.5 Å². The topological polar surface area (TPSA) is 31.9 Å². The van der Waals surface area contributed by atoms with Gasteiger partial charge in [0.25, 0.3) is 0 Å². The Balaban J connectivity index is 0.000000138. The van der Waals surface area contributed by atoms with Crippen LogP contribution in [0.15, 0.2) is 225 Å². The summed E-state index contributed by atoms with van der Waals surface area (Å²) in [5.41, 5.74) is 21.7. The van der Waals surface area contributed by atoms with Crippen molar-refractivity contribution in [3.63, 3.8) is 0 Å². The van der Waals surface area contributed by atoms with E-state index in [-0.39, 0.29) is 0 Å². The van der Waals surface area contributed by atoms with Gasteiger partial charge in [-0.05, 0) is 74.6 Å². The van der Waals surface area contributed by atoms with E-state index in [1.54, 1.807) is 8.80 Å². The number of nitrogens with zero attached hydrogens (tertiary/aromatic N) is 6. The fourth-order valence-electron chi connectivity index (χ4n) is 11.9. The van der Waals surface area contributed by atoms with Gasteiger partial charge in [0.1, 0.15) is 47.6 Å². The number of hydrogen-bond donors (Lipinski definition) is 0. The van der Waals surface area contributed by atoms with Gasteiger partial charge in [-0.2, -0.15) is 0 Å². The second-order valence-electron chi connectivity index (χ2n) is 24.2. The van der Waals surface area contributed by atoms with Crippen LogP contribution in [0.4, 0.5) is 17.1 Å². The molecule has 7 nitrogen and oxygen atoms in total. The molecule has 0 amide bonds. The van der Waals surface area contributed by atoms with Gasteiger partial charge in [-0.3, -0.25) is 0 Å². The Morgan fingerprint density at radius 2 is 0.939 bits per heavy atom. The average molecular weight is 1160 g/mol. The molecule has 9 heteroatoms. The predicted molar refractivity (Wildman–Crippen MR) is 359 cm³/mol. The smallest absolute Gasteiger partial charge is 0.203 e. The van der Waals surface area contributed by atoms with Gasteiger partial charge in [0, 0.05) is 80.4 Å². The zero-order valence-electron chi connectivity index (χ0n) is 51.1. The zero-order chi connectivity index (χ0) is 58.4. The summed E-state index contributed by atoms with van der Waals surface area (Å²) >= 11 is -2.45. The van der Waals surface area contributed by atoms with Crippen molar-refractivity contribution in [1.82, 2.24) is 4.58 Å². The Hall–Kier alpha value is -8.05. The number of benzene rings is 7. The summed E-state index contributed by atoms with van der Waals surface area (Å²) in [4.78, 5) is 6.52. The molecule has 0 radical (unpaired) electrons. The average Bonchev–Trinajstić information content (AvgIpc) is 3.64. The molecule has 6 aromatic carbocycles. The van der Waals surface area contributed by atoms with E-state index in [1.807, 2.05) is 28.2 Å². The molecule has 6 aromatic rings. The Morgan fingerprint density at radius 3 is 1.50 bits per heavy atom. The van der Waals surface area contributed by atoms with E-state index in [0.717, 1.165) is 33.3 Å². The van der Waals surface area contributed by atoms with E-state index in [0.29, 0.717) is 0 Å². The molecule has 3 aliphatic heterocycles. The molecule has 0 saturated carbocycles. The summed E-state index contributed by atoms with van der Waals surface area (Å²) in [7, 11) is 23.4. The van der Waals surface area contributed by atoms with Crippen LogP contribution in [0, 0.1) is 0 Å². The Bertz CT molecular complexity index is 3920. The molecule has 0 saturated heterocycles. The molecule has 0 fully saturated rings. The van der Waals surface area contributed by atoms with Crippen molar-refractivity contribution >= 4 is 81.5 Å². The van der Waals surface area contributed by atoms with Crippen molar-refractivity contribution in [2.75, 3.05) is 99.3 Å². The second kappa shape index (κ2) is 23.1. The minimum atomic E-state index is -2.45. The first kappa shape index (κ1) is 57.2. The maximum atomic E-state index is 6.34. The monoisotopic (exact) mass is 1160 g/mol. The van der Waals surface area contributed by atoms with Crippen LogP contribution in [0.1, 0.15) is 22.3 Å². The first-order chi connectivity index (χ1) is 39.1. The van der Waals surface area contributed by atoms with E-state index >= 15 is 0 Å². The molecule has 0 spiro atoms. The van der Waals surface area contributed by atoms with Crippen LogP contribution in [0.3, 0.4) is 0 Å². The van der Waals surface area contributed by atoms with Gasteiger partial charge in [-0.25, -0.2) is 9.15 Å². The first-order valence-corrected chi connectivity index (χ1v) is 37.8. The van der Waals surface area contributed by atoms with Crippen molar-refractivity contribution < 1.29 is 13.6 Å². The van der Waals surface area contributed by atoms with E-state index < -0.39 is 21.3 Å². The van der Waals surface area contributed by atoms with E-state index in [2.05, 4.69) is 310 Å². The minimum Gasteiger partial charge on any atom is -0.456 e. The third-order valence-corrected chi connectivity index (χ3v) is 27.7. The minimum absolute atomic E-state index is 0.901. The number of hydrogen-bond acceptors (Lipinski definition) is 4. The van der Waals surface area contributed by atoms with Gasteiger partial charge >= 0.3 is 172 Å². The van der Waals surface area contributed by atoms with Crippen molar-refractivity contribution in [1.29, 1.82) is 0 Å². The zero-order valence-corrected chi connectivity index (χ0v) is 54.2. The van der Waals surface area contributed by atoms with E-state index in [4.69, 9.17) is 4.42 Å². The number of fused-ring (bicyclic) bond motifs is 6. The number of rotatable bonds is 6. The third-order valence-electron chi connectivity index (χ3n) is 16.8. The summed E-state index contributed by atoms with van der Waals surface area (Å²) in [6.07, 6.45) is 14.1. The molecule has 82 heavy (non-hydrogen) atoms. The Labute approximate surface area is 491 Å². The van der Waals surface area contributed by atoms with Crippen LogP contribution >= 0.6 is 0 Å². The number of allylic oxidation sites excluding steroid dienone is 10. The third kappa shape index (κ3) is 10.9. The maximum absolute atomic E-state index is 6.34. The van der Waals surface area contributed by atoms with Gasteiger partial charge in [0.05, 0.1) is 6.07 Å². The van der Waals surface area contributed by atoms with Gasteiger partial charge in [0.2, 0.25) is 5.36 Å². The van der Waals surface area contributed by atoms with E-state index in [9.17, 15) is 0 Å². The maximum Gasteiger partial charge on any atom is 0.203 e. The van der Waals surface area contributed by atoms with Gasteiger partial charge < -0.3 is 14.2 Å². The van der Waals surface area contributed by atoms with Crippen LogP contribution in [0.2, 0.25) is 24.6 Å². The van der Waals surface area contributed by atoms with Crippen LogP contribution in [0.5, 0.6) is 0 Å². The first-order valence-electron chi connectivity index (χ1n) is 28.5. The van der Waals surface area contributed by atoms with Crippen molar-refractivity contribution in [3.05, 3.63) is 249 Å². The fourth-order valence-corrected chi connectivity index (χ4v) is 21.4. The summed E-state index contributed by atoms with van der Waals surface area (Å²) < 4.78 is 16.0. The molecule has 0 bridgehead atoms. The normalized spacial score (nSPS) is 15.2. The van der Waals surface area contributed by atoms with Gasteiger partial charge in [-0.1, -0.05) is 79.8 Å². The molecule has 12 rings (SSSR count). The molecule has 0 atom stereocenters. The molecule has 3 aliphatic carbocycles. The van der Waals surface area contributed by atoms with Crippen LogP contribution in [-0.4, -0.2) is 126 Å². The van der Waals surface area contributed by atoms with Gasteiger partial charge in [0.15, 0.2) is 5.71 Å². The molecule has 414 valence electrons. The van der Waals surface area contributed by atoms with Crippen LogP contribution in [-0.2, 0) is 0 Å². The quantitative estimate of drug-likeness (QED) is 0.0943. The van der Waals surface area contributed by atoms with Crippen molar-refractivity contribution in [2.24, 2.45) is 0 Å². The summed E-state index contributed by atoms with van der Waals surface area (Å²) in [6, 6.07) is 59.2. The number of anilines is 3. The Morgan fingerprint density at radius 1 is 0.451 bits per heavy atom. The second-order valence-corrected chi connectivity index (χ2v) is 37.6. The predicted octanol–water partition coefficient (Wildman–Crippen LogP) is 12.8. The fraction of sp³-hybridized carbons (Fsp3) is 0.219. The molecular weight excluding hydrogens is 1080 g/mol. The summed E-state index contributed by atoms with van der Waals surface area (Å²) in [6.45, 7) is 4.98. The standard InChI is InChI=1S/C25H29GeN2.C25H29N2Si.C23H23N2O/c1-26(2)23-16-19(27(3)4)12-14-21(23)25(18-10-8-7-9-11-18)22-15-13-20(28(5)6)17-24(22)26;1-26(2)19-12-14-21-23(16-19)28(5,6)24-17-20(27(3)4)13-15-22(24)25(21)18-10-8-7-9-11-18;1-24(2)17-10-12-19-21(14-17)26-22-15-18(25(3)4)11-13-20(22)23(19)16-8-6-5-7-9-16/h2*7-17H,1-6H3;5-15H,1-4H3/q3*+1. The summed E-state index contributed by atoms with van der Waals surface area (Å²) in [5.74, 6) is 5.98.